The van der Waals surface area contributed by atoms with Gasteiger partial charge in [-0.2, -0.15) is 26.5 Å². The van der Waals surface area contributed by atoms with Crippen LogP contribution in [0.1, 0.15) is 30.9 Å². The van der Waals surface area contributed by atoms with Crippen LogP contribution < -0.4 is 15.0 Å². The molecule has 0 unspecified atom stereocenters. The van der Waals surface area contributed by atoms with Gasteiger partial charge in [0, 0.05) is 30.5 Å². The Bertz CT molecular complexity index is 1710. The third-order valence-electron chi connectivity index (χ3n) is 6.84. The highest BCUT2D eigenvalue weighted by molar-refractivity contribution is 8.15. The lowest BCUT2D eigenvalue weighted by atomic mass is 10.0. The second kappa shape index (κ2) is 14.9. The fourth-order valence-electron chi connectivity index (χ4n) is 4.66. The summed E-state index contributed by atoms with van der Waals surface area (Å²) in [7, 11) is 0. The molecule has 1 amide bonds. The molecule has 1 aliphatic heterocycles. The van der Waals surface area contributed by atoms with Gasteiger partial charge >= 0.3 is 6.36 Å². The maximum atomic E-state index is 12.7. The largest absolute Gasteiger partial charge is 0.573 e. The number of carbonyl (C=O) groups is 1. The molecule has 2 heterocycles. The molecule has 1 fully saturated rings. The number of anilines is 2. The molecule has 1 saturated heterocycles. The predicted molar refractivity (Wildman–Crippen MR) is 180 cm³/mol. The molecule has 5 rings (SSSR count). The highest BCUT2D eigenvalue weighted by atomic mass is 32.2. The van der Waals surface area contributed by atoms with Gasteiger partial charge in [0.05, 0.1) is 17.1 Å². The van der Waals surface area contributed by atoms with Crippen LogP contribution in [0.2, 0.25) is 0 Å². The predicted octanol–water partition coefficient (Wildman–Crippen LogP) is 7.40. The molecule has 0 saturated carbocycles. The molecule has 0 spiro atoms. The summed E-state index contributed by atoms with van der Waals surface area (Å²) >= 11 is 3.04. The lowest BCUT2D eigenvalue weighted by molar-refractivity contribution is -0.274. The fourth-order valence-corrected chi connectivity index (χ4v) is 5.78. The summed E-state index contributed by atoms with van der Waals surface area (Å²) < 4.78 is 43.4. The first-order valence-corrected chi connectivity index (χ1v) is 16.8. The van der Waals surface area contributed by atoms with Crippen molar-refractivity contribution in [3.05, 3.63) is 83.9 Å². The molecule has 46 heavy (non-hydrogen) atoms. The molecular weight excluding hydrogens is 636 g/mol. The summed E-state index contributed by atoms with van der Waals surface area (Å²) in [6, 6.07) is 21.0. The first-order chi connectivity index (χ1) is 22.1. The van der Waals surface area contributed by atoms with E-state index in [9.17, 15) is 18.0 Å². The van der Waals surface area contributed by atoms with Gasteiger partial charge in [0.15, 0.2) is 11.0 Å². The number of nitrogens with zero attached hydrogens (tertiary/aromatic N) is 6. The molecule has 9 nitrogen and oxygen atoms in total. The number of amidine groups is 1. The van der Waals surface area contributed by atoms with Crippen LogP contribution in [0.3, 0.4) is 0 Å². The van der Waals surface area contributed by atoms with Crippen molar-refractivity contribution in [2.75, 3.05) is 34.5 Å². The van der Waals surface area contributed by atoms with Gasteiger partial charge in [-0.05, 0) is 53.6 Å². The summed E-state index contributed by atoms with van der Waals surface area (Å²) in [4.78, 5) is 19.0. The number of aromatic nitrogens is 3. The summed E-state index contributed by atoms with van der Waals surface area (Å²) in [6.45, 7) is 4.82. The van der Waals surface area contributed by atoms with Gasteiger partial charge in [-0.3, -0.25) is 9.69 Å². The quantitative estimate of drug-likeness (QED) is 0.0956. The third kappa shape index (κ3) is 8.29. The summed E-state index contributed by atoms with van der Waals surface area (Å²) in [5.74, 6) is 1.99. The van der Waals surface area contributed by atoms with E-state index in [4.69, 9.17) is 0 Å². The summed E-state index contributed by atoms with van der Waals surface area (Å²) in [6.07, 6.45) is -0.555. The van der Waals surface area contributed by atoms with Crippen LogP contribution in [0.4, 0.5) is 24.8 Å². The molecular formula is C32H32F3N7O2S2. The molecule has 1 aliphatic rings. The Morgan fingerprint density at radius 2 is 1.83 bits per heavy atom. The number of halogens is 3. The number of rotatable bonds is 12. The van der Waals surface area contributed by atoms with E-state index < -0.39 is 6.36 Å². The van der Waals surface area contributed by atoms with Crippen molar-refractivity contribution in [2.45, 2.75) is 32.5 Å². The fraction of sp³-hybridized carbons (Fsp3) is 0.281. The van der Waals surface area contributed by atoms with Gasteiger partial charge in [0.2, 0.25) is 11.9 Å². The van der Waals surface area contributed by atoms with Crippen molar-refractivity contribution in [1.29, 1.82) is 0 Å². The van der Waals surface area contributed by atoms with Gasteiger partial charge < -0.3 is 10.1 Å². The highest BCUT2D eigenvalue weighted by Gasteiger charge is 2.32. The molecule has 0 radical (unpaired) electrons. The van der Waals surface area contributed by atoms with Crippen LogP contribution in [-0.2, 0) is 11.2 Å². The van der Waals surface area contributed by atoms with E-state index in [-0.39, 0.29) is 17.6 Å². The normalized spacial score (nSPS) is 14.6. The zero-order valence-electron chi connectivity index (χ0n) is 25.4. The number of para-hydroxylation sites is 1. The summed E-state index contributed by atoms with van der Waals surface area (Å²) in [5.41, 5.74) is 4.20. The van der Waals surface area contributed by atoms with Gasteiger partial charge in [-0.1, -0.05) is 68.1 Å². The molecule has 4 aromatic rings. The lowest BCUT2D eigenvalue weighted by Gasteiger charge is -2.20. The Hall–Kier alpha value is -4.30. The Balaban J connectivity index is 1.29. The van der Waals surface area contributed by atoms with Gasteiger partial charge in [-0.25, -0.2) is 0 Å². The van der Waals surface area contributed by atoms with E-state index in [1.807, 2.05) is 54.8 Å². The third-order valence-corrected chi connectivity index (χ3v) is 8.37. The van der Waals surface area contributed by atoms with Gasteiger partial charge in [-0.15, -0.1) is 23.4 Å². The number of alkyl halides is 3. The molecule has 14 heteroatoms. The Morgan fingerprint density at radius 3 is 2.52 bits per heavy atom. The average Bonchev–Trinajstić information content (AvgIpc) is 3.62. The second-order valence-electron chi connectivity index (χ2n) is 10.4. The molecule has 1 N–H and O–H groups in total. The van der Waals surface area contributed by atoms with Crippen LogP contribution in [0.15, 0.2) is 83.0 Å². The highest BCUT2D eigenvalue weighted by Crippen LogP contribution is 2.33. The minimum Gasteiger partial charge on any atom is -0.406 e. The smallest absolute Gasteiger partial charge is 0.406 e. The number of hydrogen-bond donors (Lipinski definition) is 1. The number of benzene rings is 3. The Morgan fingerprint density at radius 1 is 1.09 bits per heavy atom. The van der Waals surface area contributed by atoms with Gasteiger partial charge in [0.25, 0.3) is 0 Å². The number of amides is 1. The summed E-state index contributed by atoms with van der Waals surface area (Å²) in [5, 5.41) is 17.1. The lowest BCUT2D eigenvalue weighted by Crippen LogP contribution is -2.30. The molecule has 0 bridgehead atoms. The van der Waals surface area contributed by atoms with E-state index in [2.05, 4.69) is 44.2 Å². The second-order valence-corrected chi connectivity index (χ2v) is 12.4. The van der Waals surface area contributed by atoms with Crippen molar-refractivity contribution < 1.29 is 22.7 Å². The number of ether oxygens (including phenoxy) is 1. The van der Waals surface area contributed by atoms with Crippen molar-refractivity contribution in [3.8, 4) is 22.8 Å². The van der Waals surface area contributed by atoms with Crippen molar-refractivity contribution in [3.63, 3.8) is 0 Å². The number of carbonyl (C=O) groups excluding carboxylic acids is 1. The average molecular weight is 668 g/mol. The van der Waals surface area contributed by atoms with Crippen LogP contribution in [0.5, 0.6) is 5.75 Å². The number of hydrogen-bond acceptors (Lipinski definition) is 9. The monoisotopic (exact) mass is 667 g/mol. The maximum Gasteiger partial charge on any atom is 0.573 e. The topological polar surface area (TPSA) is 97.0 Å². The molecule has 0 atom stereocenters. The minimum absolute atomic E-state index is 0.0196. The van der Waals surface area contributed by atoms with Crippen LogP contribution in [0, 0.1) is 0 Å². The van der Waals surface area contributed by atoms with Crippen molar-refractivity contribution in [1.82, 2.24) is 14.8 Å². The van der Waals surface area contributed by atoms with Crippen LogP contribution in [-0.4, -0.2) is 62.7 Å². The van der Waals surface area contributed by atoms with Gasteiger partial charge in [0.1, 0.15) is 5.75 Å². The Labute approximate surface area is 273 Å². The molecule has 3 aromatic carbocycles. The molecule has 1 aromatic heterocycles. The van der Waals surface area contributed by atoms with E-state index in [1.165, 1.54) is 36.0 Å². The van der Waals surface area contributed by atoms with E-state index in [0.29, 0.717) is 41.3 Å². The molecule has 0 aliphatic carbocycles. The maximum absolute atomic E-state index is 12.7. The van der Waals surface area contributed by atoms with Crippen molar-refractivity contribution >= 4 is 52.4 Å². The minimum atomic E-state index is -4.77. The zero-order chi connectivity index (χ0) is 32.7. The van der Waals surface area contributed by atoms with E-state index in [0.717, 1.165) is 28.1 Å². The Kier molecular flexibility index (Phi) is 10.7. The number of nitrogens with one attached hydrogen (secondary N) is 1. The molecule has 240 valence electrons. The van der Waals surface area contributed by atoms with Crippen LogP contribution >= 0.6 is 23.5 Å². The number of thioether (sulfide) groups is 2. The first-order valence-electron chi connectivity index (χ1n) is 14.4. The van der Waals surface area contributed by atoms with E-state index in [1.54, 1.807) is 27.6 Å². The van der Waals surface area contributed by atoms with Crippen molar-refractivity contribution in [2.24, 2.45) is 10.2 Å². The van der Waals surface area contributed by atoms with E-state index >= 15 is 0 Å². The zero-order valence-corrected chi connectivity index (χ0v) is 27.0. The SMILES string of the molecule is CSCCNc1nc(-c2ccc(C/C=N\N=C3/SCC(=O)N3c3ccccc3C(C)C)cc2)nn1-c1ccc(OC(F)(F)F)cc1. The first kappa shape index (κ1) is 33.1. The standard InChI is InChI=1S/C32H32F3N7O2S2/c1-21(2)26-6-4-5-7-27(26)41-28(43)20-46-31(41)39-37-17-16-22-8-10-23(11-9-22)29-38-30(36-18-19-45-3)42(40-29)24-12-14-25(15-13-24)44-32(33,34)35/h4-15,17,21H,16,18-20H2,1-3H3,(H,36,38,40)/b37-17-,39-31-. The van der Waals surface area contributed by atoms with Crippen LogP contribution in [0.25, 0.3) is 17.1 Å².